The molecular formula is C12H23N. The van der Waals surface area contributed by atoms with Crippen LogP contribution in [0.4, 0.5) is 0 Å². The number of nitrogens with one attached hydrogen (secondary N) is 1. The lowest BCUT2D eigenvalue weighted by molar-refractivity contribution is 0.614. The largest absolute Gasteiger partial charge is 0.365 e. The van der Waals surface area contributed by atoms with Crippen LogP contribution in [0.25, 0.3) is 0 Å². The number of rotatable bonds is 4. The second-order valence-electron chi connectivity index (χ2n) is 3.17. The van der Waals surface area contributed by atoms with Crippen molar-refractivity contribution in [1.29, 1.82) is 0 Å². The Morgan fingerprint density at radius 3 is 2.54 bits per heavy atom. The van der Waals surface area contributed by atoms with E-state index in [0.29, 0.717) is 5.92 Å². The van der Waals surface area contributed by atoms with Gasteiger partial charge in [-0.2, -0.15) is 0 Å². The van der Waals surface area contributed by atoms with Crippen LogP contribution in [0.5, 0.6) is 0 Å². The van der Waals surface area contributed by atoms with Crippen molar-refractivity contribution in [1.82, 2.24) is 4.98 Å². The lowest BCUT2D eigenvalue weighted by Gasteiger charge is -2.07. The number of unbranched alkanes of at least 4 members (excludes halogenated alkanes) is 1. The van der Waals surface area contributed by atoms with Gasteiger partial charge >= 0.3 is 0 Å². The maximum absolute atomic E-state index is 3.25. The highest BCUT2D eigenvalue weighted by molar-refractivity contribution is 5.08. The molecule has 0 bridgehead atoms. The third-order valence-corrected chi connectivity index (χ3v) is 2.14. The van der Waals surface area contributed by atoms with Gasteiger partial charge in [0.2, 0.25) is 0 Å². The average molecular weight is 181 g/mol. The van der Waals surface area contributed by atoms with Crippen molar-refractivity contribution in [2.75, 3.05) is 0 Å². The van der Waals surface area contributed by atoms with E-state index in [-0.39, 0.29) is 0 Å². The lowest BCUT2D eigenvalue weighted by atomic mass is 10.0. The fourth-order valence-corrected chi connectivity index (χ4v) is 1.32. The van der Waals surface area contributed by atoms with Crippen LogP contribution >= 0.6 is 0 Å². The summed E-state index contributed by atoms with van der Waals surface area (Å²) in [5, 5.41) is 0. The van der Waals surface area contributed by atoms with E-state index >= 15 is 0 Å². The summed E-state index contributed by atoms with van der Waals surface area (Å²) < 4.78 is 0. The zero-order chi connectivity index (χ0) is 10.1. The number of aromatic nitrogens is 1. The molecule has 0 amide bonds. The minimum absolute atomic E-state index is 0.699. The van der Waals surface area contributed by atoms with Gasteiger partial charge in [0, 0.05) is 11.9 Å². The SMILES string of the molecule is CC.CCCCC(C)c1ccc[nH]1. The molecule has 0 saturated heterocycles. The molecule has 0 aliphatic rings. The van der Waals surface area contributed by atoms with Gasteiger partial charge in [-0.15, -0.1) is 0 Å². The van der Waals surface area contributed by atoms with Gasteiger partial charge in [0.15, 0.2) is 0 Å². The van der Waals surface area contributed by atoms with Gasteiger partial charge in [0.05, 0.1) is 0 Å². The molecule has 1 aromatic rings. The van der Waals surface area contributed by atoms with Crippen molar-refractivity contribution >= 4 is 0 Å². The summed E-state index contributed by atoms with van der Waals surface area (Å²) >= 11 is 0. The molecule has 1 nitrogen and oxygen atoms in total. The predicted molar refractivity (Wildman–Crippen MR) is 60.1 cm³/mol. The van der Waals surface area contributed by atoms with Crippen LogP contribution in [0.3, 0.4) is 0 Å². The van der Waals surface area contributed by atoms with Crippen LogP contribution in [-0.2, 0) is 0 Å². The van der Waals surface area contributed by atoms with Gasteiger partial charge < -0.3 is 4.98 Å². The Morgan fingerprint density at radius 1 is 1.38 bits per heavy atom. The molecular weight excluding hydrogens is 158 g/mol. The van der Waals surface area contributed by atoms with Crippen molar-refractivity contribution in [3.05, 3.63) is 24.0 Å². The fourth-order valence-electron chi connectivity index (χ4n) is 1.32. The molecule has 0 spiro atoms. The van der Waals surface area contributed by atoms with E-state index in [4.69, 9.17) is 0 Å². The molecule has 13 heavy (non-hydrogen) atoms. The quantitative estimate of drug-likeness (QED) is 0.711. The number of H-pyrrole nitrogens is 1. The van der Waals surface area contributed by atoms with Gasteiger partial charge in [-0.1, -0.05) is 40.5 Å². The Bertz CT molecular complexity index is 177. The highest BCUT2D eigenvalue weighted by atomic mass is 14.7. The first kappa shape index (κ1) is 12.3. The molecule has 76 valence electrons. The second kappa shape index (κ2) is 7.90. The molecule has 0 aliphatic carbocycles. The Hall–Kier alpha value is -0.720. The molecule has 0 aliphatic heterocycles. The Labute approximate surface area is 82.6 Å². The maximum atomic E-state index is 3.25. The van der Waals surface area contributed by atoms with Crippen molar-refractivity contribution < 1.29 is 0 Å². The summed E-state index contributed by atoms with van der Waals surface area (Å²) in [5.41, 5.74) is 1.37. The summed E-state index contributed by atoms with van der Waals surface area (Å²) in [6.45, 7) is 8.52. The topological polar surface area (TPSA) is 15.8 Å². The molecule has 1 N–H and O–H groups in total. The third kappa shape index (κ3) is 4.76. The Morgan fingerprint density at radius 2 is 2.08 bits per heavy atom. The summed E-state index contributed by atoms with van der Waals surface area (Å²) in [6.07, 6.45) is 5.93. The summed E-state index contributed by atoms with van der Waals surface area (Å²) in [6, 6.07) is 4.23. The summed E-state index contributed by atoms with van der Waals surface area (Å²) in [7, 11) is 0. The summed E-state index contributed by atoms with van der Waals surface area (Å²) in [5.74, 6) is 0.699. The van der Waals surface area contributed by atoms with Gasteiger partial charge in [-0.25, -0.2) is 0 Å². The molecule has 1 heteroatoms. The van der Waals surface area contributed by atoms with E-state index in [1.165, 1.54) is 25.0 Å². The molecule has 1 unspecified atom stereocenters. The monoisotopic (exact) mass is 181 g/mol. The van der Waals surface area contributed by atoms with Gasteiger partial charge in [0.1, 0.15) is 0 Å². The van der Waals surface area contributed by atoms with E-state index in [0.717, 1.165) is 0 Å². The third-order valence-electron chi connectivity index (χ3n) is 2.14. The van der Waals surface area contributed by atoms with Crippen molar-refractivity contribution in [3.8, 4) is 0 Å². The normalized spacial score (nSPS) is 11.7. The van der Waals surface area contributed by atoms with E-state index in [1.54, 1.807) is 0 Å². The van der Waals surface area contributed by atoms with Crippen LogP contribution < -0.4 is 0 Å². The Balaban J connectivity index is 0.000000671. The molecule has 1 heterocycles. The van der Waals surface area contributed by atoms with Crippen molar-refractivity contribution in [2.45, 2.75) is 52.9 Å². The second-order valence-corrected chi connectivity index (χ2v) is 3.17. The number of hydrogen-bond donors (Lipinski definition) is 1. The van der Waals surface area contributed by atoms with Gasteiger partial charge in [-0.3, -0.25) is 0 Å². The lowest BCUT2D eigenvalue weighted by Crippen LogP contribution is -1.92. The first-order chi connectivity index (χ1) is 6.34. The first-order valence-corrected chi connectivity index (χ1v) is 5.48. The molecule has 1 aromatic heterocycles. The highest BCUT2D eigenvalue weighted by Gasteiger charge is 2.03. The fraction of sp³-hybridized carbons (Fsp3) is 0.667. The minimum Gasteiger partial charge on any atom is -0.365 e. The minimum atomic E-state index is 0.699. The van der Waals surface area contributed by atoms with Gasteiger partial charge in [-0.05, 0) is 24.5 Å². The van der Waals surface area contributed by atoms with E-state index < -0.39 is 0 Å². The van der Waals surface area contributed by atoms with E-state index in [1.807, 2.05) is 20.0 Å². The molecule has 0 saturated carbocycles. The van der Waals surface area contributed by atoms with Crippen molar-refractivity contribution in [2.24, 2.45) is 0 Å². The van der Waals surface area contributed by atoms with Crippen LogP contribution in [0.15, 0.2) is 18.3 Å². The van der Waals surface area contributed by atoms with Crippen LogP contribution in [-0.4, -0.2) is 4.98 Å². The molecule has 0 fully saturated rings. The zero-order valence-electron chi connectivity index (χ0n) is 9.43. The van der Waals surface area contributed by atoms with Crippen LogP contribution in [0.1, 0.15) is 58.6 Å². The molecule has 1 atom stereocenters. The predicted octanol–water partition coefficient (Wildman–Crippen LogP) is 4.33. The van der Waals surface area contributed by atoms with Crippen LogP contribution in [0.2, 0.25) is 0 Å². The number of hydrogen-bond acceptors (Lipinski definition) is 0. The van der Waals surface area contributed by atoms with E-state index in [9.17, 15) is 0 Å². The molecule has 0 aromatic carbocycles. The first-order valence-electron chi connectivity index (χ1n) is 5.48. The molecule has 1 rings (SSSR count). The number of aromatic amines is 1. The summed E-state index contributed by atoms with van der Waals surface area (Å²) in [4.78, 5) is 3.25. The Kier molecular flexibility index (Phi) is 7.47. The maximum Gasteiger partial charge on any atom is 0.0175 e. The van der Waals surface area contributed by atoms with E-state index in [2.05, 4.69) is 31.0 Å². The average Bonchev–Trinajstić information content (AvgIpc) is 2.70. The smallest absolute Gasteiger partial charge is 0.0175 e. The van der Waals surface area contributed by atoms with Crippen molar-refractivity contribution in [3.63, 3.8) is 0 Å². The van der Waals surface area contributed by atoms with Crippen LogP contribution in [0, 0.1) is 0 Å². The standard InChI is InChI=1S/C10H17N.C2H6/c1-3-4-6-9(2)10-7-5-8-11-10;1-2/h5,7-9,11H,3-4,6H2,1-2H3;1-2H3. The zero-order valence-corrected chi connectivity index (χ0v) is 9.43. The van der Waals surface area contributed by atoms with Gasteiger partial charge in [0.25, 0.3) is 0 Å². The molecule has 0 radical (unpaired) electrons. The highest BCUT2D eigenvalue weighted by Crippen LogP contribution is 2.18.